The average Bonchev–Trinajstić information content (AvgIpc) is 3.18. The molecule has 3 N–H and O–H groups in total. The first-order valence-corrected chi connectivity index (χ1v) is 11.2. The normalized spacial score (nSPS) is 11.4. The Morgan fingerprint density at radius 2 is 1.86 bits per heavy atom. The van der Waals surface area contributed by atoms with Crippen molar-refractivity contribution in [2.75, 3.05) is 18.0 Å². The molecule has 8 nitrogen and oxygen atoms in total. The minimum Gasteiger partial charge on any atom is -0.485 e. The van der Waals surface area contributed by atoms with Crippen molar-refractivity contribution in [2.45, 2.75) is 51.0 Å². The second-order valence-corrected chi connectivity index (χ2v) is 8.32. The lowest BCUT2D eigenvalue weighted by atomic mass is 10.1. The van der Waals surface area contributed by atoms with Crippen LogP contribution in [0.2, 0.25) is 0 Å². The fourth-order valence-electron chi connectivity index (χ4n) is 2.88. The van der Waals surface area contributed by atoms with Crippen molar-refractivity contribution in [2.24, 2.45) is 5.14 Å². The summed E-state index contributed by atoms with van der Waals surface area (Å²) in [5.74, 6) is -1.17. The van der Waals surface area contributed by atoms with Crippen LogP contribution in [0, 0.1) is 0 Å². The molecule has 2 aromatic rings. The Balaban J connectivity index is 2.60. The number of sulfonamides is 1. The summed E-state index contributed by atoms with van der Waals surface area (Å²) in [4.78, 5) is 13.3. The molecular weight excluding hydrogens is 396 g/mol. The van der Waals surface area contributed by atoms with Gasteiger partial charge >= 0.3 is 5.97 Å². The van der Waals surface area contributed by atoms with E-state index < -0.39 is 16.0 Å². The van der Waals surface area contributed by atoms with Gasteiger partial charge in [-0.2, -0.15) is 0 Å². The Morgan fingerprint density at radius 3 is 2.34 bits per heavy atom. The van der Waals surface area contributed by atoms with E-state index in [-0.39, 0.29) is 22.8 Å². The van der Waals surface area contributed by atoms with Gasteiger partial charge in [0.25, 0.3) is 0 Å². The molecule has 0 fully saturated rings. The van der Waals surface area contributed by atoms with Crippen molar-refractivity contribution >= 4 is 21.7 Å². The van der Waals surface area contributed by atoms with Crippen molar-refractivity contribution in [1.82, 2.24) is 0 Å². The first-order valence-electron chi connectivity index (χ1n) is 9.60. The van der Waals surface area contributed by atoms with Crippen LogP contribution in [0.1, 0.15) is 55.5 Å². The van der Waals surface area contributed by atoms with Gasteiger partial charge in [-0.1, -0.05) is 26.7 Å². The lowest BCUT2D eigenvalue weighted by molar-refractivity contribution is 0.0696. The summed E-state index contributed by atoms with van der Waals surface area (Å²) in [5.41, 5.74) is 0.976. The van der Waals surface area contributed by atoms with Gasteiger partial charge in [0, 0.05) is 18.7 Å². The molecule has 1 aromatic carbocycles. The van der Waals surface area contributed by atoms with Gasteiger partial charge < -0.3 is 19.2 Å². The Bertz CT molecular complexity index is 901. The Labute approximate surface area is 171 Å². The number of furan rings is 1. The molecule has 0 spiro atoms. The first kappa shape index (κ1) is 22.8. The third-order valence-electron chi connectivity index (χ3n) is 4.46. The van der Waals surface area contributed by atoms with Crippen molar-refractivity contribution in [1.29, 1.82) is 0 Å². The number of nitrogens with two attached hydrogens (primary N) is 1. The summed E-state index contributed by atoms with van der Waals surface area (Å²) < 4.78 is 35.4. The van der Waals surface area contributed by atoms with Gasteiger partial charge in [0.2, 0.25) is 10.0 Å². The molecule has 2 rings (SSSR count). The number of unbranched alkanes of at least 4 members (excludes halogenated alkanes) is 2. The third-order valence-corrected chi connectivity index (χ3v) is 5.37. The number of hydrogen-bond donors (Lipinski definition) is 2. The van der Waals surface area contributed by atoms with Crippen LogP contribution < -0.4 is 14.8 Å². The van der Waals surface area contributed by atoms with Gasteiger partial charge in [0.05, 0.1) is 23.8 Å². The minimum atomic E-state index is -4.22. The minimum absolute atomic E-state index is 0.0610. The fourth-order valence-corrected chi connectivity index (χ4v) is 3.60. The third kappa shape index (κ3) is 6.23. The highest BCUT2D eigenvalue weighted by molar-refractivity contribution is 7.89. The van der Waals surface area contributed by atoms with Gasteiger partial charge in [-0.3, -0.25) is 0 Å². The molecule has 0 bridgehead atoms. The van der Waals surface area contributed by atoms with E-state index >= 15 is 0 Å². The van der Waals surface area contributed by atoms with Crippen molar-refractivity contribution in [3.63, 3.8) is 0 Å². The molecule has 1 aromatic heterocycles. The molecule has 160 valence electrons. The molecule has 0 saturated heterocycles. The summed E-state index contributed by atoms with van der Waals surface area (Å²) >= 11 is 0. The molecule has 0 amide bonds. The van der Waals surface area contributed by atoms with Crippen LogP contribution in [0.3, 0.4) is 0 Å². The summed E-state index contributed by atoms with van der Waals surface area (Å²) in [6.07, 6.45) is 6.60. The summed E-state index contributed by atoms with van der Waals surface area (Å²) in [5, 5.41) is 14.9. The molecule has 0 radical (unpaired) electrons. The van der Waals surface area contributed by atoms with Crippen LogP contribution >= 0.6 is 0 Å². The molecule has 9 heteroatoms. The zero-order chi connectivity index (χ0) is 21.4. The summed E-state index contributed by atoms with van der Waals surface area (Å²) in [6, 6.07) is 4.20. The predicted octanol–water partition coefficient (Wildman–Crippen LogP) is 3.61. The molecule has 0 aliphatic heterocycles. The maximum atomic E-state index is 12.3. The van der Waals surface area contributed by atoms with E-state index in [9.17, 15) is 18.3 Å². The average molecular weight is 425 g/mol. The quantitative estimate of drug-likeness (QED) is 0.533. The number of carboxylic acid groups (broad SMARTS) is 1. The number of hydrogen-bond acceptors (Lipinski definition) is 6. The maximum absolute atomic E-state index is 12.3. The van der Waals surface area contributed by atoms with E-state index in [0.717, 1.165) is 31.7 Å². The van der Waals surface area contributed by atoms with Crippen molar-refractivity contribution in [3.8, 4) is 5.75 Å². The van der Waals surface area contributed by atoms with Crippen LogP contribution in [0.5, 0.6) is 5.75 Å². The van der Waals surface area contributed by atoms with E-state index in [1.54, 1.807) is 6.07 Å². The van der Waals surface area contributed by atoms with Gasteiger partial charge in [-0.05, 0) is 31.0 Å². The zero-order valence-corrected chi connectivity index (χ0v) is 17.6. The van der Waals surface area contributed by atoms with Gasteiger partial charge in [0.15, 0.2) is 5.75 Å². The second kappa shape index (κ2) is 10.3. The molecule has 0 aliphatic carbocycles. The van der Waals surface area contributed by atoms with E-state index in [2.05, 4.69) is 13.8 Å². The zero-order valence-electron chi connectivity index (χ0n) is 16.8. The number of carboxylic acids is 1. The fraction of sp³-hybridized carbons (Fsp3) is 0.450. The molecule has 29 heavy (non-hydrogen) atoms. The van der Waals surface area contributed by atoms with Crippen LogP contribution in [-0.4, -0.2) is 32.6 Å². The lowest BCUT2D eigenvalue weighted by Crippen LogP contribution is -2.27. The van der Waals surface area contributed by atoms with E-state index in [4.69, 9.17) is 14.3 Å². The van der Waals surface area contributed by atoms with Crippen molar-refractivity contribution < 1.29 is 27.5 Å². The van der Waals surface area contributed by atoms with Gasteiger partial charge in [-0.15, -0.1) is 0 Å². The van der Waals surface area contributed by atoms with Crippen LogP contribution in [0.15, 0.2) is 40.0 Å². The standard InChI is InChI=1S/C20H28N2O6S/c1-3-5-8-22(9-6-4-2)17-11-16(20(23)24)12-18(29(21,25)26)19(17)28-14-15-7-10-27-13-15/h7,10-13H,3-6,8-9,14H2,1-2H3,(H,23,24)(H2,21,25,26). The number of anilines is 1. The van der Waals surface area contributed by atoms with Gasteiger partial charge in [0.1, 0.15) is 11.5 Å². The van der Waals surface area contributed by atoms with Crippen LogP contribution in [0.25, 0.3) is 0 Å². The molecular formula is C20H28N2O6S. The highest BCUT2D eigenvalue weighted by Crippen LogP contribution is 2.37. The Morgan fingerprint density at radius 1 is 1.21 bits per heavy atom. The maximum Gasteiger partial charge on any atom is 0.335 e. The van der Waals surface area contributed by atoms with Crippen molar-refractivity contribution in [3.05, 3.63) is 41.9 Å². The summed E-state index contributed by atoms with van der Waals surface area (Å²) in [7, 11) is -4.22. The van der Waals surface area contributed by atoms with E-state index in [1.165, 1.54) is 18.6 Å². The topological polar surface area (TPSA) is 123 Å². The number of carbonyl (C=O) groups is 1. The van der Waals surface area contributed by atoms with Gasteiger partial charge in [-0.25, -0.2) is 18.4 Å². The molecule has 0 unspecified atom stereocenters. The smallest absolute Gasteiger partial charge is 0.335 e. The largest absolute Gasteiger partial charge is 0.485 e. The number of benzene rings is 1. The number of aromatic carboxylic acids is 1. The molecule has 1 heterocycles. The number of rotatable bonds is 12. The van der Waals surface area contributed by atoms with E-state index in [0.29, 0.717) is 24.3 Å². The lowest BCUT2D eigenvalue weighted by Gasteiger charge is -2.28. The second-order valence-electron chi connectivity index (χ2n) is 6.79. The number of nitrogens with zero attached hydrogens (tertiary/aromatic N) is 1. The molecule has 0 atom stereocenters. The number of primary sulfonamides is 1. The van der Waals surface area contributed by atoms with E-state index in [1.807, 2.05) is 4.90 Å². The predicted molar refractivity (Wildman–Crippen MR) is 110 cm³/mol. The summed E-state index contributed by atoms with van der Waals surface area (Å²) in [6.45, 7) is 5.46. The monoisotopic (exact) mass is 424 g/mol. The highest BCUT2D eigenvalue weighted by atomic mass is 32.2. The van der Waals surface area contributed by atoms with Crippen LogP contribution in [0.4, 0.5) is 5.69 Å². The molecule has 0 saturated carbocycles. The number of ether oxygens (including phenoxy) is 1. The Hall–Kier alpha value is -2.52. The molecule has 0 aliphatic rings. The highest BCUT2D eigenvalue weighted by Gasteiger charge is 2.25. The Kier molecular flexibility index (Phi) is 8.10. The first-order chi connectivity index (χ1) is 13.8. The SMILES string of the molecule is CCCCN(CCCC)c1cc(C(=O)O)cc(S(N)(=O)=O)c1OCc1ccoc1. The van der Waals surface area contributed by atoms with Crippen LogP contribution in [-0.2, 0) is 16.6 Å².